The Morgan fingerprint density at radius 3 is 1.46 bits per heavy atom. The zero-order valence-corrected chi connectivity index (χ0v) is 13.2. The quantitative estimate of drug-likeness (QED) is 0.433. The molecular weight excluding hydrogens is 384 g/mol. The maximum absolute atomic E-state index is 5.56. The number of rotatable bonds is 2. The lowest BCUT2D eigenvalue weighted by molar-refractivity contribution is 1.59. The van der Waals surface area contributed by atoms with Crippen LogP contribution in [0.2, 0.25) is 0 Å². The topological polar surface area (TPSA) is 12.4 Å². The Hall–Kier alpha value is 2.72. The van der Waals surface area contributed by atoms with E-state index in [1.807, 2.05) is 0 Å². The first-order valence-corrected chi connectivity index (χ1v) is 12.0. The highest BCUT2D eigenvalue weighted by Gasteiger charge is 2.43. The number of halogens is 8. The van der Waals surface area contributed by atoms with Gasteiger partial charge in [0.25, 0.3) is 5.44 Å². The summed E-state index contributed by atoms with van der Waals surface area (Å²) in [5.74, 6) is 0. The van der Waals surface area contributed by atoms with Crippen molar-refractivity contribution in [2.45, 2.75) is 0 Å². The van der Waals surface area contributed by atoms with Crippen molar-refractivity contribution in [2.24, 2.45) is 4.74 Å². The number of nitrogens with zero attached hydrogens (tertiary/aromatic N) is 1. The molecule has 0 aliphatic heterocycles. The normalized spacial score (nSPS) is 12.6. The minimum atomic E-state index is -3.04. The van der Waals surface area contributed by atoms with Gasteiger partial charge in [-0.3, -0.25) is 0 Å². The van der Waals surface area contributed by atoms with Crippen molar-refractivity contribution in [2.75, 3.05) is 0 Å². The van der Waals surface area contributed by atoms with Crippen LogP contribution in [0, 0.1) is 0 Å². The summed E-state index contributed by atoms with van der Waals surface area (Å²) in [5.41, 5.74) is -0.172. The fourth-order valence-corrected chi connectivity index (χ4v) is 6.18. The molecule has 0 fully saturated rings. The van der Waals surface area contributed by atoms with Crippen molar-refractivity contribution in [3.8, 4) is 0 Å². The predicted octanol–water partition coefficient (Wildman–Crippen LogP) is 7.73. The van der Waals surface area contributed by atoms with Crippen LogP contribution < -0.4 is 0 Å². The van der Waals surface area contributed by atoms with Gasteiger partial charge in [-0.25, -0.2) is 0 Å². The summed E-state index contributed by atoms with van der Waals surface area (Å²) in [4.78, 5) is 0. The lowest BCUT2D eigenvalue weighted by Crippen LogP contribution is -1.72. The van der Waals surface area contributed by atoms with Gasteiger partial charge in [-0.1, -0.05) is 23.2 Å². The van der Waals surface area contributed by atoms with Crippen molar-refractivity contribution in [1.29, 1.82) is 0 Å². The Morgan fingerprint density at radius 1 is 1.00 bits per heavy atom. The Bertz CT molecular complexity index is 258. The fraction of sp³-hybridized carbons (Fsp3) is 0. The standard InChI is InChI=1S/C2Cl8NP2/c3-1(4)2(12(5,6)7)11-13(8,9)10/q+1. The minimum absolute atomic E-state index is 0.172. The lowest BCUT2D eigenvalue weighted by atomic mass is 11.1. The molecule has 0 heterocycles. The van der Waals surface area contributed by atoms with Gasteiger partial charge in [-0.2, -0.15) is 4.74 Å². The zero-order chi connectivity index (χ0) is 10.9. The van der Waals surface area contributed by atoms with Crippen molar-refractivity contribution in [3.05, 3.63) is 9.93 Å². The van der Waals surface area contributed by atoms with E-state index in [1.54, 1.807) is 0 Å². The molecule has 11 heteroatoms. The number of hydrogen-bond donors (Lipinski definition) is 0. The second-order valence-corrected chi connectivity index (χ2v) is 16.9. The highest BCUT2D eigenvalue weighted by molar-refractivity contribution is 8.35. The third-order valence-corrected chi connectivity index (χ3v) is 4.75. The molecule has 0 rings (SSSR count). The second kappa shape index (κ2) is 5.87. The van der Waals surface area contributed by atoms with Crippen LogP contribution >= 0.6 is 101 Å². The molecular formula is C2Cl8NP2+. The summed E-state index contributed by atoms with van der Waals surface area (Å²) in [5, 5.41) is -6.07. The van der Waals surface area contributed by atoms with E-state index in [4.69, 9.17) is 90.6 Å². The third-order valence-electron chi connectivity index (χ3n) is 0.617. The Kier molecular flexibility index (Phi) is 7.10. The molecule has 0 unspecified atom stereocenters. The second-order valence-electron chi connectivity index (χ2n) is 1.55. The maximum atomic E-state index is 5.56. The molecule has 0 atom stereocenters. The largest absolute Gasteiger partial charge is 0.360 e. The van der Waals surface area contributed by atoms with Gasteiger partial charge < -0.3 is 0 Å². The van der Waals surface area contributed by atoms with E-state index in [0.717, 1.165) is 0 Å². The molecule has 0 radical (unpaired) electrons. The van der Waals surface area contributed by atoms with Crippen LogP contribution in [0.1, 0.15) is 0 Å². The molecule has 0 bridgehead atoms. The van der Waals surface area contributed by atoms with E-state index < -0.39 is 10.4 Å². The van der Waals surface area contributed by atoms with Crippen molar-refractivity contribution in [3.63, 3.8) is 0 Å². The van der Waals surface area contributed by atoms with Crippen LogP contribution in [0.4, 0.5) is 0 Å². The molecule has 0 aliphatic rings. The molecule has 0 saturated carbocycles. The predicted molar refractivity (Wildman–Crippen MR) is 70.1 cm³/mol. The molecule has 0 N–H and O–H groups in total. The molecule has 0 aromatic heterocycles. The summed E-state index contributed by atoms with van der Waals surface area (Å²) in [6.45, 7) is 0. The van der Waals surface area contributed by atoms with Gasteiger partial charge in [0.05, 0.1) is 0 Å². The molecule has 0 amide bonds. The molecule has 0 aromatic rings. The van der Waals surface area contributed by atoms with Crippen LogP contribution in [-0.4, -0.2) is 0 Å². The van der Waals surface area contributed by atoms with Gasteiger partial charge in [0, 0.05) is 0 Å². The Labute approximate surface area is 115 Å². The SMILES string of the molecule is ClC(Cl)=C(N=P(Cl)(Cl)Cl)[P+](Cl)(Cl)Cl. The molecule has 0 aromatic carbocycles. The zero-order valence-electron chi connectivity index (χ0n) is 5.37. The first-order valence-electron chi connectivity index (χ1n) is 2.29. The van der Waals surface area contributed by atoms with Crippen LogP contribution in [0.15, 0.2) is 14.7 Å². The first kappa shape index (κ1) is 15.7. The summed E-state index contributed by atoms with van der Waals surface area (Å²) >= 11 is 43.8. The maximum Gasteiger partial charge on any atom is 0.360 e. The molecule has 1 nitrogen and oxygen atoms in total. The van der Waals surface area contributed by atoms with Gasteiger partial charge in [0.15, 0.2) is 4.49 Å². The highest BCUT2D eigenvalue weighted by atomic mass is 36.1. The van der Waals surface area contributed by atoms with Crippen molar-refractivity contribution in [1.82, 2.24) is 0 Å². The third kappa shape index (κ3) is 7.58. The van der Waals surface area contributed by atoms with Gasteiger partial charge in [0.1, 0.15) is 33.7 Å². The average Bonchev–Trinajstić information content (AvgIpc) is 1.77. The molecule has 78 valence electrons. The van der Waals surface area contributed by atoms with Crippen molar-refractivity contribution >= 4 is 101 Å². The van der Waals surface area contributed by atoms with Crippen molar-refractivity contribution < 1.29 is 0 Å². The Morgan fingerprint density at radius 2 is 1.38 bits per heavy atom. The van der Waals surface area contributed by atoms with Crippen LogP contribution in [-0.2, 0) is 0 Å². The van der Waals surface area contributed by atoms with E-state index in [-0.39, 0.29) is 9.93 Å². The van der Waals surface area contributed by atoms with E-state index in [0.29, 0.717) is 0 Å². The Balaban J connectivity index is 5.27. The number of hydrogen-bond acceptors (Lipinski definition) is 1. The summed E-state index contributed by atoms with van der Waals surface area (Å²) < 4.78 is 3.25. The van der Waals surface area contributed by atoms with Crippen LogP contribution in [0.5, 0.6) is 0 Å². The summed E-state index contributed by atoms with van der Waals surface area (Å²) in [6.07, 6.45) is 0. The average molecular weight is 384 g/mol. The smallest absolute Gasteiger partial charge is 0.181 e. The molecule has 0 saturated heterocycles. The van der Waals surface area contributed by atoms with Gasteiger partial charge in [-0.05, 0) is 33.7 Å². The van der Waals surface area contributed by atoms with E-state index in [2.05, 4.69) is 4.74 Å². The van der Waals surface area contributed by atoms with E-state index >= 15 is 0 Å². The van der Waals surface area contributed by atoms with Crippen LogP contribution in [0.25, 0.3) is 0 Å². The van der Waals surface area contributed by atoms with Gasteiger partial charge in [-0.15, -0.1) is 0 Å². The van der Waals surface area contributed by atoms with Crippen LogP contribution in [0.3, 0.4) is 0 Å². The summed E-state index contributed by atoms with van der Waals surface area (Å²) in [7, 11) is 0. The fourth-order valence-electron chi connectivity index (χ4n) is 0.292. The minimum Gasteiger partial charge on any atom is -0.181 e. The molecule has 13 heavy (non-hydrogen) atoms. The van der Waals surface area contributed by atoms with Gasteiger partial charge in [0.2, 0.25) is 5.11 Å². The monoisotopic (exact) mass is 380 g/mol. The highest BCUT2D eigenvalue weighted by Crippen LogP contribution is 2.83. The lowest BCUT2D eigenvalue weighted by Gasteiger charge is -2.02. The molecule has 0 spiro atoms. The summed E-state index contributed by atoms with van der Waals surface area (Å²) in [6, 6.07) is 0. The van der Waals surface area contributed by atoms with E-state index in [9.17, 15) is 0 Å². The van der Waals surface area contributed by atoms with E-state index in [1.165, 1.54) is 0 Å². The van der Waals surface area contributed by atoms with Gasteiger partial charge >= 0.3 is 5.32 Å². The first-order chi connectivity index (χ1) is 5.54. The molecule has 0 aliphatic carbocycles.